The number of fused-ring (bicyclic) bond motifs is 2. The van der Waals surface area contributed by atoms with Crippen LogP contribution < -0.4 is 26.0 Å². The average molecular weight is 1080 g/mol. The minimum atomic E-state index is -0.920. The van der Waals surface area contributed by atoms with Crippen LogP contribution in [0.15, 0.2) is 76.8 Å². The Balaban J connectivity index is 0.880. The van der Waals surface area contributed by atoms with E-state index in [9.17, 15) is 29.4 Å². The lowest BCUT2D eigenvalue weighted by molar-refractivity contribution is -0.141. The topological polar surface area (TPSA) is 246 Å². The number of phenols is 1. The highest BCUT2D eigenvalue weighted by Gasteiger charge is 2.43. The van der Waals surface area contributed by atoms with Crippen molar-refractivity contribution in [2.45, 2.75) is 65.1 Å². The van der Waals surface area contributed by atoms with Crippen LogP contribution in [0.3, 0.4) is 0 Å². The van der Waals surface area contributed by atoms with Crippen LogP contribution in [0.4, 0.5) is 21.0 Å². The second-order valence-electron chi connectivity index (χ2n) is 19.5. The first-order chi connectivity index (χ1) is 36.4. The fourth-order valence-corrected chi connectivity index (χ4v) is 11.0. The molecule has 0 radical (unpaired) electrons. The van der Waals surface area contributed by atoms with Crippen molar-refractivity contribution in [3.05, 3.63) is 106 Å². The van der Waals surface area contributed by atoms with Crippen molar-refractivity contribution in [3.8, 4) is 33.1 Å². The summed E-state index contributed by atoms with van der Waals surface area (Å²) in [5, 5.41) is 33.2. The first kappa shape index (κ1) is 53.2. The number of ether oxygens (including phenoxy) is 1. The second-order valence-corrected chi connectivity index (χ2v) is 20.7. The van der Waals surface area contributed by atoms with Gasteiger partial charge in [-0.25, -0.2) is 19.2 Å². The highest BCUT2D eigenvalue weighted by atomic mass is 35.5. The van der Waals surface area contributed by atoms with Crippen LogP contribution >= 0.6 is 22.9 Å². The summed E-state index contributed by atoms with van der Waals surface area (Å²) < 4.78 is 29.0. The van der Waals surface area contributed by atoms with Crippen LogP contribution in [0.25, 0.3) is 43.2 Å². The van der Waals surface area contributed by atoms with Crippen molar-refractivity contribution in [1.29, 1.82) is 0 Å². The second kappa shape index (κ2) is 22.7. The Hall–Kier alpha value is -7.62. The number of amides is 5. The number of rotatable bonds is 17. The Morgan fingerprint density at radius 2 is 1.80 bits per heavy atom. The molecule has 5 amide bonds. The predicted molar refractivity (Wildman–Crippen MR) is 288 cm³/mol. The van der Waals surface area contributed by atoms with Gasteiger partial charge in [0.25, 0.3) is 0 Å². The minimum Gasteiger partial charge on any atom is -0.508 e. The summed E-state index contributed by atoms with van der Waals surface area (Å²) in [5.41, 5.74) is 10.7. The SMILES string of the molecule is Cc1cc([C@H](C(=O)N2C[C@H](O)C[C@H]2C(=O)NCc2ccc(-c3scnc3C)cc2OCCN(C)C(=O)CCNc2nc(N3CCN(C(N)=O)CC3)c3cc(Cl)c(-c4cc(O)cc5ccccc45)c(F)c3n2)C(C)C)on1. The van der Waals surface area contributed by atoms with Gasteiger partial charge in [0.15, 0.2) is 5.82 Å². The van der Waals surface area contributed by atoms with Gasteiger partial charge in [-0.3, -0.25) is 14.4 Å². The number of thiazole rings is 1. The molecule has 76 heavy (non-hydrogen) atoms. The molecule has 6 N–H and O–H groups in total. The molecule has 0 spiro atoms. The number of hydrogen-bond donors (Lipinski definition) is 5. The number of aliphatic hydroxyl groups excluding tert-OH is 1. The van der Waals surface area contributed by atoms with Crippen molar-refractivity contribution in [2.75, 3.05) is 69.7 Å². The highest BCUT2D eigenvalue weighted by Crippen LogP contribution is 2.43. The van der Waals surface area contributed by atoms with Crippen molar-refractivity contribution < 1.29 is 43.0 Å². The van der Waals surface area contributed by atoms with Crippen molar-refractivity contribution in [3.63, 3.8) is 0 Å². The molecule has 7 aromatic rings. The fourth-order valence-electron chi connectivity index (χ4n) is 9.88. The largest absolute Gasteiger partial charge is 0.508 e. The number of phenolic OH excluding ortho intramolecular Hbond substituents is 1. The van der Waals surface area contributed by atoms with Crippen LogP contribution in [0.2, 0.25) is 5.02 Å². The number of nitrogens with two attached hydrogens (primary N) is 1. The monoisotopic (exact) mass is 1080 g/mol. The number of likely N-dealkylation sites (tertiary alicyclic amines) is 1. The molecule has 5 heterocycles. The van der Waals surface area contributed by atoms with Gasteiger partial charge in [-0.2, -0.15) is 4.98 Å². The number of aryl methyl sites for hydroxylation is 2. The molecule has 2 fully saturated rings. The van der Waals surface area contributed by atoms with Gasteiger partial charge in [-0.05, 0) is 65.9 Å². The standard InChI is InChI=1S/C54H59ClFN11O8S/c1-29(2)45(43-20-30(3)63-75-43)52(72)67-27-36(69)24-41(67)51(71)59-26-34-11-10-33(49-31(4)60-28-76-49)22-42(34)74-19-18-64(5)44(70)12-13-58-54-61-48-39(50(62-54)65-14-16-66(17-15-65)53(57)73)25-40(55)46(47(48)56)38-23-35(68)21-32-8-6-7-9-37(32)38/h6-11,20-23,25,28-29,36,41,45,68-69H,12-19,24,26-27H2,1-5H3,(H2,57,73)(H,59,71)(H,58,61,62)/t36-,41+,45-/m1/s1. The van der Waals surface area contributed by atoms with Gasteiger partial charge < -0.3 is 55.4 Å². The average Bonchev–Trinajstić information content (AvgIpc) is 4.15. The quantitative estimate of drug-likeness (QED) is 0.0604. The van der Waals surface area contributed by atoms with E-state index in [0.717, 1.165) is 16.1 Å². The Morgan fingerprint density at radius 1 is 1.03 bits per heavy atom. The van der Waals surface area contributed by atoms with Gasteiger partial charge in [0.1, 0.15) is 47.2 Å². The molecule has 4 aromatic carbocycles. The lowest BCUT2D eigenvalue weighted by atomic mass is 9.91. The van der Waals surface area contributed by atoms with E-state index in [1.165, 1.54) is 32.1 Å². The maximum Gasteiger partial charge on any atom is 0.314 e. The lowest BCUT2D eigenvalue weighted by Crippen LogP contribution is -2.50. The van der Waals surface area contributed by atoms with Gasteiger partial charge in [0.05, 0.1) is 39.4 Å². The zero-order valence-electron chi connectivity index (χ0n) is 42.7. The third-order valence-corrected chi connectivity index (χ3v) is 15.2. The number of likely N-dealkylation sites (N-methyl/N-ethyl adjacent to an activating group) is 1. The van der Waals surface area contributed by atoms with E-state index in [0.29, 0.717) is 76.5 Å². The van der Waals surface area contributed by atoms with Crippen LogP contribution in [-0.4, -0.2) is 140 Å². The summed E-state index contributed by atoms with van der Waals surface area (Å²) >= 11 is 8.38. The molecule has 3 aromatic heterocycles. The number of carbonyl (C=O) groups is 4. The molecule has 0 unspecified atom stereocenters. The van der Waals surface area contributed by atoms with Gasteiger partial charge in [-0.1, -0.05) is 67.0 Å². The summed E-state index contributed by atoms with van der Waals surface area (Å²) in [6.45, 7) is 9.21. The predicted octanol–water partition coefficient (Wildman–Crippen LogP) is 7.23. The number of piperazine rings is 1. The molecule has 19 nitrogen and oxygen atoms in total. The van der Waals surface area contributed by atoms with Crippen LogP contribution in [0, 0.1) is 25.6 Å². The number of carbonyl (C=O) groups excluding carboxylic acids is 4. The molecule has 0 saturated carbocycles. The summed E-state index contributed by atoms with van der Waals surface area (Å²) in [5.74, 6) is -1.31. The Bertz CT molecular complexity index is 3330. The van der Waals surface area contributed by atoms with E-state index < -0.39 is 35.8 Å². The Morgan fingerprint density at radius 3 is 2.51 bits per heavy atom. The summed E-state index contributed by atoms with van der Waals surface area (Å²) in [6, 6.07) is 17.8. The number of aliphatic hydroxyl groups is 1. The molecular formula is C54H59ClFN11O8S. The van der Waals surface area contributed by atoms with E-state index in [2.05, 4.69) is 25.8 Å². The summed E-state index contributed by atoms with van der Waals surface area (Å²) in [6.07, 6.45) is -0.805. The highest BCUT2D eigenvalue weighted by molar-refractivity contribution is 7.13. The smallest absolute Gasteiger partial charge is 0.314 e. The maximum absolute atomic E-state index is 17.1. The molecule has 9 rings (SSSR count). The molecule has 2 aliphatic rings. The number of benzene rings is 4. The number of nitrogens with zero attached hydrogens (tertiary/aromatic N) is 8. The van der Waals surface area contributed by atoms with Crippen molar-refractivity contribution in [1.82, 2.24) is 40.1 Å². The molecule has 2 aliphatic heterocycles. The number of halogens is 2. The van der Waals surface area contributed by atoms with Crippen LogP contribution in [0.5, 0.6) is 11.5 Å². The first-order valence-corrected chi connectivity index (χ1v) is 26.3. The number of hydrogen-bond acceptors (Lipinski definition) is 15. The summed E-state index contributed by atoms with van der Waals surface area (Å²) in [7, 11) is 1.66. The van der Waals surface area contributed by atoms with Crippen LogP contribution in [0.1, 0.15) is 55.3 Å². The number of urea groups is 1. The van der Waals surface area contributed by atoms with Crippen molar-refractivity contribution in [2.24, 2.45) is 11.7 Å². The molecule has 0 aliphatic carbocycles. The normalized spacial score (nSPS) is 16.1. The van der Waals surface area contributed by atoms with Gasteiger partial charge >= 0.3 is 6.03 Å². The lowest BCUT2D eigenvalue weighted by Gasteiger charge is -2.35. The third-order valence-electron chi connectivity index (χ3n) is 13.9. The maximum atomic E-state index is 17.1. The fraction of sp³-hybridized carbons (Fsp3) is 0.370. The van der Waals surface area contributed by atoms with Gasteiger partial charge in [-0.15, -0.1) is 11.3 Å². The number of anilines is 2. The number of primary amides is 1. The summed E-state index contributed by atoms with van der Waals surface area (Å²) in [4.78, 5) is 74.6. The third kappa shape index (κ3) is 11.3. The Kier molecular flexibility index (Phi) is 15.9. The van der Waals surface area contributed by atoms with E-state index in [1.54, 1.807) is 37.7 Å². The molecule has 398 valence electrons. The van der Waals surface area contributed by atoms with E-state index in [-0.39, 0.29) is 91.2 Å². The van der Waals surface area contributed by atoms with Gasteiger partial charge in [0.2, 0.25) is 23.7 Å². The number of aromatic hydroxyl groups is 1. The molecule has 22 heteroatoms. The number of nitrogens with one attached hydrogen (secondary N) is 2. The first-order valence-electron chi connectivity index (χ1n) is 25.0. The zero-order chi connectivity index (χ0) is 53.9. The molecule has 0 bridgehead atoms. The van der Waals surface area contributed by atoms with E-state index in [1.807, 2.05) is 68.1 Å². The molecule has 3 atom stereocenters. The zero-order valence-corrected chi connectivity index (χ0v) is 44.3. The van der Waals surface area contributed by atoms with E-state index >= 15 is 4.39 Å². The molecule has 2 saturated heterocycles. The Labute approximate surface area is 446 Å². The number of β-amino-alcohol motifs (C(OH)–C–C–N with tert-alkyl or cyclic N) is 1. The van der Waals surface area contributed by atoms with E-state index in [4.69, 9.17) is 31.6 Å². The number of aromatic nitrogens is 4. The minimum absolute atomic E-state index is 0.000520. The van der Waals surface area contributed by atoms with Crippen LogP contribution in [-0.2, 0) is 20.9 Å². The molecular weight excluding hydrogens is 1020 g/mol. The van der Waals surface area contributed by atoms with Gasteiger partial charge in [0, 0.05) is 88.3 Å². The van der Waals surface area contributed by atoms with Crippen molar-refractivity contribution >= 4 is 80.1 Å².